The summed E-state index contributed by atoms with van der Waals surface area (Å²) in [5.41, 5.74) is 14.1. The van der Waals surface area contributed by atoms with E-state index in [9.17, 15) is 0 Å². The van der Waals surface area contributed by atoms with Crippen LogP contribution in [0, 0.1) is 0 Å². The lowest BCUT2D eigenvalue weighted by molar-refractivity contribution is -0.572. The Balaban J connectivity index is 1.80. The third kappa shape index (κ3) is 6.09. The molecule has 2 nitrogen and oxygen atoms in total. The highest BCUT2D eigenvalue weighted by Gasteiger charge is 2.42. The van der Waals surface area contributed by atoms with Crippen LogP contribution in [0.1, 0.15) is 140 Å². The number of imidazole rings is 1. The maximum atomic E-state index is 2.85. The van der Waals surface area contributed by atoms with Crippen molar-refractivity contribution in [2.45, 2.75) is 129 Å². The van der Waals surface area contributed by atoms with E-state index in [-0.39, 0.29) is 0 Å². The van der Waals surface area contributed by atoms with E-state index < -0.39 is 0 Å². The van der Waals surface area contributed by atoms with Crippen LogP contribution < -0.4 is 10.2 Å². The zero-order valence-corrected chi connectivity index (χ0v) is 31.9. The molecule has 0 spiro atoms. The van der Waals surface area contributed by atoms with Crippen LogP contribution in [0.25, 0.3) is 34.0 Å². The van der Waals surface area contributed by atoms with Crippen molar-refractivity contribution in [2.24, 2.45) is 0 Å². The van der Waals surface area contributed by atoms with Crippen molar-refractivity contribution in [1.82, 2.24) is 4.57 Å². The number of hydrogen-bond donors (Lipinski definition) is 0. The van der Waals surface area contributed by atoms with Crippen LogP contribution in [0.5, 0.6) is 0 Å². The zero-order chi connectivity index (χ0) is 35.1. The van der Waals surface area contributed by atoms with Crippen LogP contribution in [0.4, 0.5) is 0 Å². The average molecular weight is 662 g/mol. The molecule has 0 unspecified atom stereocenters. The molecule has 259 valence electrons. The largest absolute Gasteiger partial charge is 0.296 e. The van der Waals surface area contributed by atoms with Crippen LogP contribution in [0.2, 0.25) is 11.6 Å². The summed E-state index contributed by atoms with van der Waals surface area (Å²) in [5, 5.41) is 0. The van der Waals surface area contributed by atoms with Gasteiger partial charge in [0.1, 0.15) is 17.1 Å². The number of hydrogen-bond acceptors (Lipinski definition) is 0. The SMILES string of the molecule is CC(C)c1cccc(C(C)C)c1-n1c([B-]2C3CCCC2CCC3)c(-c2ccccc2)[n+](-c2c(C(C)C)cccc2C(C)C)c1-c1ccccc1. The molecule has 1 aromatic heterocycles. The van der Waals surface area contributed by atoms with Crippen LogP contribution >= 0.6 is 0 Å². The van der Waals surface area contributed by atoms with Crippen molar-refractivity contribution in [1.29, 1.82) is 0 Å². The first-order valence-electron chi connectivity index (χ1n) is 19.8. The number of aromatic nitrogens is 2. The van der Waals surface area contributed by atoms with Gasteiger partial charge in [-0.1, -0.05) is 179 Å². The lowest BCUT2D eigenvalue weighted by atomic mass is 9.25. The molecule has 2 aliphatic heterocycles. The monoisotopic (exact) mass is 661 g/mol. The Bertz CT molecular complexity index is 1860. The minimum atomic E-state index is 0.374. The van der Waals surface area contributed by atoms with Gasteiger partial charge in [0.15, 0.2) is 0 Å². The topological polar surface area (TPSA) is 8.81 Å². The number of nitrogens with zero attached hydrogens (tertiary/aromatic N) is 2. The fourth-order valence-corrected chi connectivity index (χ4v) is 9.67. The number of benzene rings is 4. The summed E-state index contributed by atoms with van der Waals surface area (Å²) in [6.45, 7) is 19.6. The fourth-order valence-electron chi connectivity index (χ4n) is 9.67. The van der Waals surface area contributed by atoms with E-state index in [1.165, 1.54) is 94.8 Å². The van der Waals surface area contributed by atoms with Crippen molar-refractivity contribution in [3.63, 3.8) is 0 Å². The van der Waals surface area contributed by atoms with E-state index in [0.29, 0.717) is 42.0 Å². The fraction of sp³-hybridized carbons (Fsp3) is 0.426. The zero-order valence-electron chi connectivity index (χ0n) is 31.9. The van der Waals surface area contributed by atoms with Gasteiger partial charge in [0, 0.05) is 27.8 Å². The van der Waals surface area contributed by atoms with Crippen molar-refractivity contribution < 1.29 is 4.57 Å². The van der Waals surface area contributed by atoms with Gasteiger partial charge >= 0.3 is 0 Å². The lowest BCUT2D eigenvalue weighted by Crippen LogP contribution is -2.49. The summed E-state index contributed by atoms with van der Waals surface area (Å²) in [7, 11) is 0. The molecule has 0 saturated carbocycles. The minimum Gasteiger partial charge on any atom is -0.234 e. The normalized spacial score (nSPS) is 18.2. The summed E-state index contributed by atoms with van der Waals surface area (Å²) < 4.78 is 5.63. The Morgan fingerprint density at radius 2 is 0.940 bits per heavy atom. The molecule has 1 radical (unpaired) electrons. The predicted molar refractivity (Wildman–Crippen MR) is 215 cm³/mol. The first-order chi connectivity index (χ1) is 24.2. The number of rotatable bonds is 9. The quantitative estimate of drug-likeness (QED) is 0.110. The molecule has 0 aliphatic carbocycles. The van der Waals surface area contributed by atoms with Crippen molar-refractivity contribution in [3.8, 4) is 34.0 Å². The molecule has 2 bridgehead atoms. The van der Waals surface area contributed by atoms with Gasteiger partial charge in [-0.15, -0.1) is 0 Å². The molecule has 5 aromatic rings. The minimum absolute atomic E-state index is 0.374. The highest BCUT2D eigenvalue weighted by molar-refractivity contribution is 6.77. The maximum Gasteiger partial charge on any atom is 0.296 e. The Morgan fingerprint density at radius 1 is 0.520 bits per heavy atom. The summed E-state index contributed by atoms with van der Waals surface area (Å²) in [5.74, 6) is 4.22. The molecule has 3 heteroatoms. The lowest BCUT2D eigenvalue weighted by Gasteiger charge is -2.50. The van der Waals surface area contributed by atoms with E-state index in [1.807, 2.05) is 0 Å². The molecule has 0 atom stereocenters. The van der Waals surface area contributed by atoms with Gasteiger partial charge in [-0.05, 0) is 48.1 Å². The van der Waals surface area contributed by atoms with E-state index in [0.717, 1.165) is 0 Å². The second-order valence-corrected chi connectivity index (χ2v) is 16.6. The molecule has 7 rings (SSSR count). The third-order valence-corrected chi connectivity index (χ3v) is 12.0. The molecular formula is C47H58BN2. The molecule has 2 saturated heterocycles. The van der Waals surface area contributed by atoms with Gasteiger partial charge in [-0.2, -0.15) is 16.2 Å². The van der Waals surface area contributed by atoms with E-state index >= 15 is 0 Å². The Morgan fingerprint density at radius 3 is 1.38 bits per heavy atom. The van der Waals surface area contributed by atoms with E-state index in [4.69, 9.17) is 0 Å². The van der Waals surface area contributed by atoms with E-state index in [2.05, 4.69) is 162 Å². The van der Waals surface area contributed by atoms with Crippen molar-refractivity contribution in [3.05, 3.63) is 119 Å². The molecular weight excluding hydrogens is 603 g/mol. The standard InChI is InChI=1S/C47H58BN2/c1-31(2)39-27-17-28-40(32(3)4)44(39)49-43(35-19-11-9-12-20-35)46(48-37-23-15-24-38(48)26-16-25-37)50(47(49)36-21-13-10-14-22-36)45-41(33(5)6)29-18-30-42(45)34(7)8/h9-14,17-22,27-34,37-38H,15-16,23-26H2,1-8H3. The molecule has 3 heterocycles. The first-order valence-corrected chi connectivity index (χ1v) is 19.8. The summed E-state index contributed by atoms with van der Waals surface area (Å²) in [4.78, 5) is 0. The molecule has 2 fully saturated rings. The molecule has 4 aromatic carbocycles. The van der Waals surface area contributed by atoms with Gasteiger partial charge in [-0.25, -0.2) is 4.57 Å². The van der Waals surface area contributed by atoms with Crippen LogP contribution in [-0.2, 0) is 0 Å². The Kier molecular flexibility index (Phi) is 9.97. The Hall–Kier alpha value is -3.85. The Labute approximate surface area is 303 Å². The van der Waals surface area contributed by atoms with Crippen LogP contribution in [-0.4, -0.2) is 11.3 Å². The van der Waals surface area contributed by atoms with Gasteiger partial charge in [0.05, 0.1) is 5.56 Å². The summed E-state index contributed by atoms with van der Waals surface area (Å²) in [6, 6.07) is 37.1. The second kappa shape index (κ2) is 14.4. The maximum absolute atomic E-state index is 2.85. The molecule has 0 N–H and O–H groups in total. The van der Waals surface area contributed by atoms with E-state index in [1.54, 1.807) is 5.59 Å². The first kappa shape index (κ1) is 34.6. The summed E-state index contributed by atoms with van der Waals surface area (Å²) >= 11 is 0. The predicted octanol–water partition coefficient (Wildman–Crippen LogP) is 12.4. The van der Waals surface area contributed by atoms with Gasteiger partial charge < -0.3 is 0 Å². The van der Waals surface area contributed by atoms with Crippen molar-refractivity contribution >= 4 is 12.3 Å². The molecule has 50 heavy (non-hydrogen) atoms. The van der Waals surface area contributed by atoms with Gasteiger partial charge in [0.25, 0.3) is 5.82 Å². The number of fused-ring (bicyclic) bond motifs is 2. The smallest absolute Gasteiger partial charge is 0.234 e. The van der Waals surface area contributed by atoms with Crippen molar-refractivity contribution in [2.75, 3.05) is 0 Å². The third-order valence-electron chi connectivity index (χ3n) is 12.0. The highest BCUT2D eigenvalue weighted by atomic mass is 15.2. The average Bonchev–Trinajstić information content (AvgIpc) is 3.46. The molecule has 2 aliphatic rings. The van der Waals surface area contributed by atoms with Gasteiger partial charge in [0.2, 0.25) is 0 Å². The van der Waals surface area contributed by atoms with Crippen LogP contribution in [0.3, 0.4) is 0 Å². The highest BCUT2D eigenvalue weighted by Crippen LogP contribution is 2.48. The van der Waals surface area contributed by atoms with Crippen LogP contribution in [0.15, 0.2) is 97.1 Å². The summed E-state index contributed by atoms with van der Waals surface area (Å²) in [6.07, 6.45) is 8.08. The second-order valence-electron chi connectivity index (χ2n) is 16.6. The van der Waals surface area contributed by atoms with Gasteiger partial charge in [-0.3, -0.25) is 0 Å². The number of para-hydroxylation sites is 2. The molecule has 0 amide bonds.